The number of aromatic amines is 1. The first kappa shape index (κ1) is 9.51. The van der Waals surface area contributed by atoms with Crippen molar-refractivity contribution in [3.8, 4) is 0 Å². The number of nitrogens with one attached hydrogen (secondary N) is 1. The topological polar surface area (TPSA) is 78.9 Å². The van der Waals surface area contributed by atoms with Gasteiger partial charge in [0.1, 0.15) is 5.69 Å². The molecule has 5 nitrogen and oxygen atoms in total. The van der Waals surface area contributed by atoms with Gasteiger partial charge < -0.3 is 5.11 Å². The summed E-state index contributed by atoms with van der Waals surface area (Å²) in [5, 5.41) is 19.0. The zero-order valence-electron chi connectivity index (χ0n) is 7.56. The molecule has 1 aromatic heterocycles. The molecule has 2 heterocycles. The molecule has 14 heavy (non-hydrogen) atoms. The summed E-state index contributed by atoms with van der Waals surface area (Å²) < 4.78 is 0. The second-order valence-electron chi connectivity index (χ2n) is 3.22. The maximum atomic E-state index is 10.8. The second kappa shape index (κ2) is 4.00. The normalized spacial score (nSPS) is 22.1. The molecule has 0 saturated carbocycles. The van der Waals surface area contributed by atoms with Crippen LogP contribution in [0.5, 0.6) is 0 Å². The number of rotatable bonds is 2. The van der Waals surface area contributed by atoms with Gasteiger partial charge in [-0.15, -0.1) is 5.10 Å². The maximum absolute atomic E-state index is 10.8. The molecule has 0 aliphatic carbocycles. The fourth-order valence-corrected chi connectivity index (χ4v) is 2.89. The fourth-order valence-electron chi connectivity index (χ4n) is 1.58. The summed E-state index contributed by atoms with van der Waals surface area (Å²) in [7, 11) is 0. The van der Waals surface area contributed by atoms with E-state index >= 15 is 0 Å². The van der Waals surface area contributed by atoms with Gasteiger partial charge in [0, 0.05) is 0 Å². The van der Waals surface area contributed by atoms with Gasteiger partial charge in [-0.05, 0) is 18.6 Å². The van der Waals surface area contributed by atoms with Crippen molar-refractivity contribution in [2.75, 3.05) is 5.75 Å². The Morgan fingerprint density at radius 2 is 2.36 bits per heavy atom. The Labute approximate surface area is 85.3 Å². The Morgan fingerprint density at radius 1 is 1.50 bits per heavy atom. The SMILES string of the molecule is O=C(O)c1n[nH]nc1C1CCCCS1. The van der Waals surface area contributed by atoms with Crippen molar-refractivity contribution in [3.05, 3.63) is 11.4 Å². The van der Waals surface area contributed by atoms with Crippen molar-refractivity contribution >= 4 is 17.7 Å². The molecule has 0 amide bonds. The van der Waals surface area contributed by atoms with Gasteiger partial charge in [-0.1, -0.05) is 6.42 Å². The molecule has 6 heteroatoms. The van der Waals surface area contributed by atoms with Crippen molar-refractivity contribution in [1.82, 2.24) is 15.4 Å². The van der Waals surface area contributed by atoms with Crippen LogP contribution in [0.2, 0.25) is 0 Å². The van der Waals surface area contributed by atoms with Gasteiger partial charge in [0.25, 0.3) is 0 Å². The minimum atomic E-state index is -1.00. The number of aromatic carboxylic acids is 1. The van der Waals surface area contributed by atoms with E-state index in [1.165, 1.54) is 6.42 Å². The van der Waals surface area contributed by atoms with Crippen LogP contribution < -0.4 is 0 Å². The average Bonchev–Trinajstić information content (AvgIpc) is 2.67. The smallest absolute Gasteiger partial charge is 0.358 e. The number of carboxylic acid groups (broad SMARTS) is 1. The van der Waals surface area contributed by atoms with Crippen LogP contribution >= 0.6 is 11.8 Å². The highest BCUT2D eigenvalue weighted by atomic mass is 32.2. The van der Waals surface area contributed by atoms with Gasteiger partial charge in [-0.25, -0.2) is 4.79 Å². The quantitative estimate of drug-likeness (QED) is 0.777. The van der Waals surface area contributed by atoms with E-state index in [9.17, 15) is 4.79 Å². The molecule has 1 fully saturated rings. The average molecular weight is 213 g/mol. The van der Waals surface area contributed by atoms with E-state index in [2.05, 4.69) is 15.4 Å². The number of H-pyrrole nitrogens is 1. The molecule has 0 aromatic carbocycles. The van der Waals surface area contributed by atoms with Gasteiger partial charge in [0.2, 0.25) is 0 Å². The summed E-state index contributed by atoms with van der Waals surface area (Å²) in [6.45, 7) is 0. The minimum absolute atomic E-state index is 0.0735. The molecule has 1 aromatic rings. The number of hydrogen-bond acceptors (Lipinski definition) is 4. The number of thioether (sulfide) groups is 1. The van der Waals surface area contributed by atoms with Crippen molar-refractivity contribution in [3.63, 3.8) is 0 Å². The van der Waals surface area contributed by atoms with Crippen molar-refractivity contribution in [1.29, 1.82) is 0 Å². The number of nitrogens with zero attached hydrogens (tertiary/aromatic N) is 2. The van der Waals surface area contributed by atoms with Gasteiger partial charge in [-0.2, -0.15) is 22.1 Å². The lowest BCUT2D eigenvalue weighted by Gasteiger charge is -2.19. The Balaban J connectivity index is 2.21. The van der Waals surface area contributed by atoms with Crippen LogP contribution in [-0.2, 0) is 0 Å². The molecule has 1 unspecified atom stereocenters. The fraction of sp³-hybridized carbons (Fsp3) is 0.625. The highest BCUT2D eigenvalue weighted by Gasteiger charge is 2.25. The number of aromatic nitrogens is 3. The molecule has 2 rings (SSSR count). The van der Waals surface area contributed by atoms with Crippen molar-refractivity contribution in [2.24, 2.45) is 0 Å². The molecular weight excluding hydrogens is 202 g/mol. The van der Waals surface area contributed by atoms with Gasteiger partial charge >= 0.3 is 5.97 Å². The Morgan fingerprint density at radius 3 is 3.00 bits per heavy atom. The van der Waals surface area contributed by atoms with E-state index in [1.54, 1.807) is 11.8 Å². The molecule has 1 aliphatic rings. The standard InChI is InChI=1S/C8H11N3O2S/c12-8(13)7-6(9-11-10-7)5-3-1-2-4-14-5/h5H,1-4H2,(H,12,13)(H,9,10,11). The van der Waals surface area contributed by atoms with Crippen molar-refractivity contribution < 1.29 is 9.90 Å². The Bertz CT molecular complexity index is 333. The summed E-state index contributed by atoms with van der Waals surface area (Å²) in [5.41, 5.74) is 0.673. The summed E-state index contributed by atoms with van der Waals surface area (Å²) >= 11 is 1.77. The van der Waals surface area contributed by atoms with E-state index in [0.29, 0.717) is 5.69 Å². The number of carboxylic acids is 1. The summed E-state index contributed by atoms with van der Waals surface area (Å²) in [6, 6.07) is 0. The van der Waals surface area contributed by atoms with E-state index in [4.69, 9.17) is 5.11 Å². The minimum Gasteiger partial charge on any atom is -0.476 e. The summed E-state index contributed by atoms with van der Waals surface area (Å²) in [5.74, 6) is 0.0799. The maximum Gasteiger partial charge on any atom is 0.358 e. The van der Waals surface area contributed by atoms with E-state index in [-0.39, 0.29) is 10.9 Å². The second-order valence-corrected chi connectivity index (χ2v) is 4.53. The molecule has 0 radical (unpaired) electrons. The van der Waals surface area contributed by atoms with E-state index in [1.807, 2.05) is 0 Å². The number of hydrogen-bond donors (Lipinski definition) is 2. The first-order valence-corrected chi connectivity index (χ1v) is 5.59. The third-order valence-corrected chi connectivity index (χ3v) is 3.65. The molecule has 1 atom stereocenters. The Kier molecular flexibility index (Phi) is 2.72. The molecule has 1 saturated heterocycles. The lowest BCUT2D eigenvalue weighted by Crippen LogP contribution is -2.08. The van der Waals surface area contributed by atoms with E-state index < -0.39 is 5.97 Å². The predicted molar refractivity (Wildman–Crippen MR) is 52.4 cm³/mol. The largest absolute Gasteiger partial charge is 0.476 e. The highest BCUT2D eigenvalue weighted by molar-refractivity contribution is 7.99. The summed E-state index contributed by atoms with van der Waals surface area (Å²) in [6.07, 6.45) is 3.35. The van der Waals surface area contributed by atoms with Crippen LogP contribution in [0.1, 0.15) is 40.7 Å². The van der Waals surface area contributed by atoms with Crippen LogP contribution in [0.25, 0.3) is 0 Å². The number of carbonyl (C=O) groups is 1. The lowest BCUT2D eigenvalue weighted by atomic mass is 10.1. The first-order valence-electron chi connectivity index (χ1n) is 4.54. The molecule has 0 spiro atoms. The zero-order valence-corrected chi connectivity index (χ0v) is 8.38. The monoisotopic (exact) mass is 213 g/mol. The van der Waals surface area contributed by atoms with Crippen molar-refractivity contribution in [2.45, 2.75) is 24.5 Å². The molecule has 1 aliphatic heterocycles. The third-order valence-electron chi connectivity index (χ3n) is 2.26. The van der Waals surface area contributed by atoms with Gasteiger partial charge in [-0.3, -0.25) is 0 Å². The van der Waals surface area contributed by atoms with Crippen LogP contribution in [0.3, 0.4) is 0 Å². The Hall–Kier alpha value is -1.04. The lowest BCUT2D eigenvalue weighted by molar-refractivity contribution is 0.0689. The third kappa shape index (κ3) is 1.75. The van der Waals surface area contributed by atoms with E-state index in [0.717, 1.165) is 18.6 Å². The van der Waals surface area contributed by atoms with Gasteiger partial charge in [0.05, 0.1) is 5.25 Å². The molecular formula is C8H11N3O2S. The van der Waals surface area contributed by atoms with Crippen LogP contribution in [0.4, 0.5) is 0 Å². The molecule has 2 N–H and O–H groups in total. The summed E-state index contributed by atoms with van der Waals surface area (Å²) in [4.78, 5) is 10.8. The molecule has 76 valence electrons. The van der Waals surface area contributed by atoms with Crippen LogP contribution in [0.15, 0.2) is 0 Å². The zero-order chi connectivity index (χ0) is 9.97. The predicted octanol–water partition coefficient (Wildman–Crippen LogP) is 1.46. The van der Waals surface area contributed by atoms with Gasteiger partial charge in [0.15, 0.2) is 5.69 Å². The first-order chi connectivity index (χ1) is 6.79. The molecule has 0 bridgehead atoms. The van der Waals surface area contributed by atoms with Crippen LogP contribution in [-0.4, -0.2) is 32.2 Å². The highest BCUT2D eigenvalue weighted by Crippen LogP contribution is 2.38. The van der Waals surface area contributed by atoms with Crippen LogP contribution in [0, 0.1) is 0 Å².